The minimum Gasteiger partial charge on any atom is -0.452 e. The van der Waals surface area contributed by atoms with Crippen molar-refractivity contribution in [3.63, 3.8) is 0 Å². The zero-order chi connectivity index (χ0) is 20.0. The Morgan fingerprint density at radius 3 is 2.63 bits per heavy atom. The van der Waals surface area contributed by atoms with Crippen LogP contribution in [0.4, 0.5) is 4.79 Å². The van der Waals surface area contributed by atoms with E-state index in [0.29, 0.717) is 18.5 Å². The number of esters is 1. The van der Waals surface area contributed by atoms with Gasteiger partial charge in [0.05, 0.1) is 0 Å². The molecule has 1 aromatic heterocycles. The molecule has 27 heavy (non-hydrogen) atoms. The van der Waals surface area contributed by atoms with E-state index in [0.717, 1.165) is 17.7 Å². The molecule has 2 rings (SSSR count). The van der Waals surface area contributed by atoms with Crippen LogP contribution in [-0.2, 0) is 14.3 Å². The molecule has 1 aliphatic rings. The summed E-state index contributed by atoms with van der Waals surface area (Å²) in [5.74, 6) is -0.824. The topological polar surface area (TPSA) is 89.4 Å². The number of ether oxygens (including phenoxy) is 1. The maximum Gasteiger partial charge on any atom is 0.331 e. The van der Waals surface area contributed by atoms with E-state index in [2.05, 4.69) is 22.1 Å². The fraction of sp³-hybridized carbons (Fsp3) is 0.550. The van der Waals surface area contributed by atoms with E-state index in [1.54, 1.807) is 6.08 Å². The summed E-state index contributed by atoms with van der Waals surface area (Å²) in [6.45, 7) is 8.16. The Hall–Kier alpha value is -2.57. The highest BCUT2D eigenvalue weighted by atomic mass is 16.5. The lowest BCUT2D eigenvalue weighted by molar-refractivity contribution is -0.143. The fourth-order valence-electron chi connectivity index (χ4n) is 2.89. The van der Waals surface area contributed by atoms with Gasteiger partial charge in [-0.1, -0.05) is 13.8 Å². The Morgan fingerprint density at radius 2 is 2.00 bits per heavy atom. The molecule has 0 spiro atoms. The second kappa shape index (κ2) is 9.39. The van der Waals surface area contributed by atoms with Crippen LogP contribution < -0.4 is 10.6 Å². The maximum absolute atomic E-state index is 11.8. The lowest BCUT2D eigenvalue weighted by atomic mass is 10.1. The van der Waals surface area contributed by atoms with E-state index < -0.39 is 24.5 Å². The lowest BCUT2D eigenvalue weighted by Gasteiger charge is -2.08. The highest BCUT2D eigenvalue weighted by Gasteiger charge is 2.26. The van der Waals surface area contributed by atoms with Crippen molar-refractivity contribution in [3.8, 4) is 0 Å². The number of aromatic nitrogens is 1. The van der Waals surface area contributed by atoms with Gasteiger partial charge < -0.3 is 14.6 Å². The zero-order valence-corrected chi connectivity index (χ0v) is 16.5. The quantitative estimate of drug-likeness (QED) is 0.540. The molecular formula is C20H29N3O4. The highest BCUT2D eigenvalue weighted by Crippen LogP contribution is 2.38. The molecule has 1 fully saturated rings. The molecule has 0 atom stereocenters. The van der Waals surface area contributed by atoms with Crippen molar-refractivity contribution in [2.24, 2.45) is 5.92 Å². The summed E-state index contributed by atoms with van der Waals surface area (Å²) in [4.78, 5) is 35.0. The molecule has 148 valence electrons. The summed E-state index contributed by atoms with van der Waals surface area (Å²) in [6, 6.07) is 2.03. The molecule has 0 radical (unpaired) electrons. The molecule has 0 aliphatic heterocycles. The Balaban J connectivity index is 1.74. The van der Waals surface area contributed by atoms with Crippen LogP contribution in [0.3, 0.4) is 0 Å². The predicted molar refractivity (Wildman–Crippen MR) is 103 cm³/mol. The summed E-state index contributed by atoms with van der Waals surface area (Å²) < 4.78 is 7.17. The van der Waals surface area contributed by atoms with Crippen molar-refractivity contribution < 1.29 is 19.1 Å². The van der Waals surface area contributed by atoms with Crippen molar-refractivity contribution in [2.45, 2.75) is 53.0 Å². The standard InChI is InChI=1S/C20H29N3O4/c1-13(2)9-10-21-20(26)22-18(24)12-27-19(25)8-5-16-11-14(3)23(15(16)4)17-6-7-17/h5,8,11,13,17H,6-7,9-10,12H2,1-4H3,(H2,21,22,24,26)/b8-5+. The average molecular weight is 375 g/mol. The Kier molecular flexibility index (Phi) is 7.21. The van der Waals surface area contributed by atoms with Crippen molar-refractivity contribution in [1.82, 2.24) is 15.2 Å². The van der Waals surface area contributed by atoms with Gasteiger partial charge in [-0.2, -0.15) is 0 Å². The normalized spacial score (nSPS) is 13.8. The van der Waals surface area contributed by atoms with Gasteiger partial charge in [0.15, 0.2) is 6.61 Å². The minimum absolute atomic E-state index is 0.461. The molecule has 0 bridgehead atoms. The SMILES string of the molecule is Cc1cc(/C=C/C(=O)OCC(=O)NC(=O)NCCC(C)C)c(C)n1C1CC1. The third-order valence-electron chi connectivity index (χ3n) is 4.44. The largest absolute Gasteiger partial charge is 0.452 e. The third kappa shape index (κ3) is 6.58. The summed E-state index contributed by atoms with van der Waals surface area (Å²) in [6.07, 6.45) is 6.21. The summed E-state index contributed by atoms with van der Waals surface area (Å²) in [5.41, 5.74) is 3.26. The van der Waals surface area contributed by atoms with Crippen LogP contribution in [0, 0.1) is 19.8 Å². The van der Waals surface area contributed by atoms with Crippen molar-refractivity contribution in [1.29, 1.82) is 0 Å². The second-order valence-electron chi connectivity index (χ2n) is 7.36. The van der Waals surface area contributed by atoms with Crippen LogP contribution in [0.2, 0.25) is 0 Å². The van der Waals surface area contributed by atoms with Gasteiger partial charge in [0.1, 0.15) is 0 Å². The maximum atomic E-state index is 11.8. The van der Waals surface area contributed by atoms with E-state index in [-0.39, 0.29) is 0 Å². The molecule has 2 N–H and O–H groups in total. The molecule has 7 heteroatoms. The van der Waals surface area contributed by atoms with Gasteiger partial charge in [0.25, 0.3) is 5.91 Å². The zero-order valence-electron chi connectivity index (χ0n) is 16.5. The Bertz CT molecular complexity index is 730. The molecule has 0 unspecified atom stereocenters. The number of imide groups is 1. The number of rotatable bonds is 8. The summed E-state index contributed by atoms with van der Waals surface area (Å²) in [7, 11) is 0. The summed E-state index contributed by atoms with van der Waals surface area (Å²) >= 11 is 0. The van der Waals surface area contributed by atoms with Crippen LogP contribution in [0.1, 0.15) is 56.1 Å². The number of urea groups is 1. The van der Waals surface area contributed by atoms with Gasteiger partial charge in [-0.25, -0.2) is 9.59 Å². The molecule has 1 heterocycles. The predicted octanol–water partition coefficient (Wildman–Crippen LogP) is 2.87. The van der Waals surface area contributed by atoms with Gasteiger partial charge >= 0.3 is 12.0 Å². The molecule has 7 nitrogen and oxygen atoms in total. The van der Waals surface area contributed by atoms with Gasteiger partial charge in [0, 0.05) is 30.1 Å². The molecule has 1 aromatic rings. The van der Waals surface area contributed by atoms with Gasteiger partial charge in [-0.05, 0) is 56.7 Å². The Labute approximate surface area is 160 Å². The molecule has 1 aliphatic carbocycles. The first-order valence-electron chi connectivity index (χ1n) is 9.39. The third-order valence-corrected chi connectivity index (χ3v) is 4.44. The van der Waals surface area contributed by atoms with Crippen LogP contribution in [-0.4, -0.2) is 35.6 Å². The number of carbonyl (C=O) groups excluding carboxylic acids is 3. The van der Waals surface area contributed by atoms with E-state index >= 15 is 0 Å². The fourth-order valence-corrected chi connectivity index (χ4v) is 2.89. The number of hydrogen-bond acceptors (Lipinski definition) is 4. The van der Waals surface area contributed by atoms with E-state index in [1.165, 1.54) is 24.6 Å². The number of aryl methyl sites for hydroxylation is 1. The molecule has 0 saturated heterocycles. The number of amides is 3. The smallest absolute Gasteiger partial charge is 0.331 e. The van der Waals surface area contributed by atoms with Crippen molar-refractivity contribution in [3.05, 3.63) is 29.1 Å². The second-order valence-corrected chi connectivity index (χ2v) is 7.36. The van der Waals surface area contributed by atoms with Gasteiger partial charge in [-0.3, -0.25) is 10.1 Å². The highest BCUT2D eigenvalue weighted by molar-refractivity contribution is 5.96. The molecule has 3 amide bonds. The molecule has 1 saturated carbocycles. The van der Waals surface area contributed by atoms with Crippen molar-refractivity contribution in [2.75, 3.05) is 13.2 Å². The Morgan fingerprint density at radius 1 is 1.30 bits per heavy atom. The summed E-state index contributed by atoms with van der Waals surface area (Å²) in [5, 5.41) is 4.71. The number of hydrogen-bond donors (Lipinski definition) is 2. The molecule has 0 aromatic carbocycles. The van der Waals surface area contributed by atoms with Crippen LogP contribution >= 0.6 is 0 Å². The van der Waals surface area contributed by atoms with E-state index in [1.807, 2.05) is 26.8 Å². The van der Waals surface area contributed by atoms with Crippen LogP contribution in [0.5, 0.6) is 0 Å². The molecular weight excluding hydrogens is 346 g/mol. The van der Waals surface area contributed by atoms with Crippen LogP contribution in [0.25, 0.3) is 6.08 Å². The first-order valence-corrected chi connectivity index (χ1v) is 9.39. The first kappa shape index (κ1) is 20.7. The number of nitrogens with one attached hydrogen (secondary N) is 2. The number of nitrogens with zero attached hydrogens (tertiary/aromatic N) is 1. The monoisotopic (exact) mass is 375 g/mol. The van der Waals surface area contributed by atoms with Crippen molar-refractivity contribution >= 4 is 24.0 Å². The van der Waals surface area contributed by atoms with Gasteiger partial charge in [-0.15, -0.1) is 0 Å². The first-order chi connectivity index (χ1) is 12.8. The van der Waals surface area contributed by atoms with E-state index in [4.69, 9.17) is 4.74 Å². The van der Waals surface area contributed by atoms with Gasteiger partial charge in [0.2, 0.25) is 0 Å². The lowest BCUT2D eigenvalue weighted by Crippen LogP contribution is -2.41. The van der Waals surface area contributed by atoms with Crippen LogP contribution in [0.15, 0.2) is 12.1 Å². The average Bonchev–Trinajstić information content (AvgIpc) is 3.36. The number of carbonyl (C=O) groups is 3. The minimum atomic E-state index is -0.661. The van der Waals surface area contributed by atoms with E-state index in [9.17, 15) is 14.4 Å².